The van der Waals surface area contributed by atoms with Crippen LogP contribution in [0.4, 0.5) is 17.2 Å². The lowest BCUT2D eigenvalue weighted by Crippen LogP contribution is -2.46. The average molecular weight is 496 g/mol. The van der Waals surface area contributed by atoms with Crippen molar-refractivity contribution in [2.75, 3.05) is 68.4 Å². The van der Waals surface area contributed by atoms with Gasteiger partial charge in [0, 0.05) is 49.8 Å². The van der Waals surface area contributed by atoms with E-state index in [4.69, 9.17) is 14.2 Å². The largest absolute Gasteiger partial charge is 0.497 e. The van der Waals surface area contributed by atoms with Crippen molar-refractivity contribution in [1.29, 1.82) is 0 Å². The van der Waals surface area contributed by atoms with Crippen LogP contribution in [-0.4, -0.2) is 69.1 Å². The summed E-state index contributed by atoms with van der Waals surface area (Å²) >= 11 is 1.31. The molecule has 1 saturated heterocycles. The molecule has 0 aliphatic carbocycles. The number of aromatic nitrogens is 2. The standard InChI is InChI=1S/C25H29N5O4S/c1-32-20-7-5-19(6-8-20)29-12-14-30(15-13-29)23-10-11-26-25(28-23)35-17-24(31)27-18-4-9-21(33-2)22(16-18)34-3/h4-11,16H,12-15,17H2,1-3H3,(H,27,31). The number of rotatable bonds is 9. The van der Waals surface area contributed by atoms with Crippen molar-refractivity contribution in [3.05, 3.63) is 54.7 Å². The molecule has 2 heterocycles. The first-order valence-corrected chi connectivity index (χ1v) is 12.2. The molecule has 0 unspecified atom stereocenters. The van der Waals surface area contributed by atoms with Gasteiger partial charge in [-0.25, -0.2) is 9.97 Å². The SMILES string of the molecule is COc1ccc(N2CCN(c3ccnc(SCC(=O)Nc4ccc(OC)c(OC)c4)n3)CC2)cc1. The van der Waals surface area contributed by atoms with Crippen molar-refractivity contribution in [2.45, 2.75) is 5.16 Å². The van der Waals surface area contributed by atoms with Crippen LogP contribution in [0.3, 0.4) is 0 Å². The minimum atomic E-state index is -0.149. The first kappa shape index (κ1) is 24.5. The third-order valence-corrected chi connectivity index (χ3v) is 6.52. The van der Waals surface area contributed by atoms with Crippen molar-refractivity contribution < 1.29 is 19.0 Å². The monoisotopic (exact) mass is 495 g/mol. The number of piperazine rings is 1. The summed E-state index contributed by atoms with van der Waals surface area (Å²) in [5.74, 6) is 2.94. The first-order valence-electron chi connectivity index (χ1n) is 11.2. The maximum absolute atomic E-state index is 12.5. The molecule has 9 nitrogen and oxygen atoms in total. The Hall–Kier alpha value is -3.66. The predicted molar refractivity (Wildman–Crippen MR) is 138 cm³/mol. The van der Waals surface area contributed by atoms with Crippen molar-refractivity contribution in [3.63, 3.8) is 0 Å². The van der Waals surface area contributed by atoms with E-state index in [1.54, 1.807) is 45.7 Å². The Kier molecular flexibility index (Phi) is 8.15. The van der Waals surface area contributed by atoms with Crippen LogP contribution in [-0.2, 0) is 4.79 Å². The number of hydrogen-bond donors (Lipinski definition) is 1. The molecule has 1 N–H and O–H groups in total. The van der Waals surface area contributed by atoms with Crippen LogP contribution in [0, 0.1) is 0 Å². The van der Waals surface area contributed by atoms with Gasteiger partial charge in [-0.3, -0.25) is 4.79 Å². The molecule has 184 valence electrons. The molecule has 3 aromatic rings. The van der Waals surface area contributed by atoms with E-state index in [-0.39, 0.29) is 11.7 Å². The molecule has 35 heavy (non-hydrogen) atoms. The second kappa shape index (κ2) is 11.7. The minimum Gasteiger partial charge on any atom is -0.497 e. The van der Waals surface area contributed by atoms with Gasteiger partial charge in [0.25, 0.3) is 0 Å². The third-order valence-electron chi connectivity index (χ3n) is 5.66. The molecule has 2 aromatic carbocycles. The normalized spacial score (nSPS) is 13.3. The summed E-state index contributed by atoms with van der Waals surface area (Å²) in [6.07, 6.45) is 1.74. The van der Waals surface area contributed by atoms with Crippen LogP contribution in [0.1, 0.15) is 0 Å². The smallest absolute Gasteiger partial charge is 0.234 e. The molecule has 1 aliphatic rings. The second-order valence-corrected chi connectivity index (χ2v) is 8.72. The number of anilines is 3. The van der Waals surface area contributed by atoms with Crippen molar-refractivity contribution in [2.24, 2.45) is 0 Å². The highest BCUT2D eigenvalue weighted by atomic mass is 32.2. The summed E-state index contributed by atoms with van der Waals surface area (Å²) in [6.45, 7) is 3.50. The molecule has 0 saturated carbocycles. The highest BCUT2D eigenvalue weighted by Gasteiger charge is 2.19. The molecule has 0 radical (unpaired) electrons. The van der Waals surface area contributed by atoms with Gasteiger partial charge in [0.1, 0.15) is 11.6 Å². The Balaban J connectivity index is 1.29. The fourth-order valence-corrected chi connectivity index (χ4v) is 4.43. The zero-order valence-electron chi connectivity index (χ0n) is 20.1. The number of methoxy groups -OCH3 is 3. The first-order chi connectivity index (χ1) is 17.1. The van der Waals surface area contributed by atoms with E-state index in [2.05, 4.69) is 37.2 Å². The zero-order chi connectivity index (χ0) is 24.6. The molecule has 0 bridgehead atoms. The van der Waals surface area contributed by atoms with Crippen LogP contribution in [0.5, 0.6) is 17.2 Å². The van der Waals surface area contributed by atoms with E-state index >= 15 is 0 Å². The summed E-state index contributed by atoms with van der Waals surface area (Å²) in [5, 5.41) is 3.44. The van der Waals surface area contributed by atoms with Gasteiger partial charge in [-0.2, -0.15) is 0 Å². The Morgan fingerprint density at radius 3 is 2.31 bits per heavy atom. The highest BCUT2D eigenvalue weighted by Crippen LogP contribution is 2.30. The Labute approximate surface area is 209 Å². The van der Waals surface area contributed by atoms with Gasteiger partial charge in [-0.05, 0) is 42.5 Å². The Bertz CT molecular complexity index is 1140. The second-order valence-electron chi connectivity index (χ2n) is 7.78. The Morgan fingerprint density at radius 2 is 1.63 bits per heavy atom. The molecule has 1 aromatic heterocycles. The number of amides is 1. The van der Waals surface area contributed by atoms with Crippen LogP contribution in [0.15, 0.2) is 59.9 Å². The number of carbonyl (C=O) groups is 1. The molecular formula is C25H29N5O4S. The predicted octanol–water partition coefficient (Wildman–Crippen LogP) is 3.56. The number of carbonyl (C=O) groups excluding carboxylic acids is 1. The zero-order valence-corrected chi connectivity index (χ0v) is 20.9. The number of ether oxygens (including phenoxy) is 3. The number of nitrogens with zero attached hydrogens (tertiary/aromatic N) is 4. The maximum atomic E-state index is 12.5. The van der Waals surface area contributed by atoms with Crippen molar-refractivity contribution >= 4 is 34.9 Å². The lowest BCUT2D eigenvalue weighted by Gasteiger charge is -2.36. The van der Waals surface area contributed by atoms with Gasteiger partial charge < -0.3 is 29.3 Å². The minimum absolute atomic E-state index is 0.149. The lowest BCUT2D eigenvalue weighted by atomic mass is 10.2. The van der Waals surface area contributed by atoms with Gasteiger partial charge in [-0.1, -0.05) is 11.8 Å². The molecule has 1 aliphatic heterocycles. The number of benzene rings is 2. The molecule has 0 atom stereocenters. The maximum Gasteiger partial charge on any atom is 0.234 e. The fourth-order valence-electron chi connectivity index (χ4n) is 3.81. The van der Waals surface area contributed by atoms with Crippen LogP contribution in [0.2, 0.25) is 0 Å². The van der Waals surface area contributed by atoms with Gasteiger partial charge in [-0.15, -0.1) is 0 Å². The summed E-state index contributed by atoms with van der Waals surface area (Å²) in [6, 6.07) is 15.3. The van der Waals surface area contributed by atoms with Crippen molar-refractivity contribution in [3.8, 4) is 17.2 Å². The molecule has 0 spiro atoms. The van der Waals surface area contributed by atoms with Crippen LogP contribution < -0.4 is 29.3 Å². The van der Waals surface area contributed by atoms with E-state index in [1.165, 1.54) is 17.4 Å². The van der Waals surface area contributed by atoms with Gasteiger partial charge in [0.15, 0.2) is 16.7 Å². The van der Waals surface area contributed by atoms with Gasteiger partial charge in [0.2, 0.25) is 5.91 Å². The molecule has 10 heteroatoms. The van der Waals surface area contributed by atoms with Gasteiger partial charge in [0.05, 0.1) is 27.1 Å². The van der Waals surface area contributed by atoms with Crippen LogP contribution >= 0.6 is 11.8 Å². The molecular weight excluding hydrogens is 466 g/mol. The molecule has 1 fully saturated rings. The lowest BCUT2D eigenvalue weighted by molar-refractivity contribution is -0.113. The van der Waals surface area contributed by atoms with Gasteiger partial charge >= 0.3 is 0 Å². The van der Waals surface area contributed by atoms with E-state index in [9.17, 15) is 4.79 Å². The summed E-state index contributed by atoms with van der Waals surface area (Å²) in [5.41, 5.74) is 1.82. The Morgan fingerprint density at radius 1 is 0.914 bits per heavy atom. The summed E-state index contributed by atoms with van der Waals surface area (Å²) < 4.78 is 15.8. The molecule has 1 amide bonds. The van der Waals surface area contributed by atoms with E-state index in [1.807, 2.05) is 18.2 Å². The number of thioether (sulfide) groups is 1. The topological polar surface area (TPSA) is 89.1 Å². The van der Waals surface area contributed by atoms with E-state index < -0.39 is 0 Å². The quantitative estimate of drug-likeness (QED) is 0.354. The molecule has 4 rings (SSSR count). The van der Waals surface area contributed by atoms with E-state index in [0.717, 1.165) is 37.7 Å². The number of nitrogens with one attached hydrogen (secondary N) is 1. The fraction of sp³-hybridized carbons (Fsp3) is 0.320. The number of hydrogen-bond acceptors (Lipinski definition) is 9. The third kappa shape index (κ3) is 6.27. The average Bonchev–Trinajstić information content (AvgIpc) is 2.92. The summed E-state index contributed by atoms with van der Waals surface area (Å²) in [7, 11) is 4.80. The van der Waals surface area contributed by atoms with Crippen molar-refractivity contribution in [1.82, 2.24) is 9.97 Å². The summed E-state index contributed by atoms with van der Waals surface area (Å²) in [4.78, 5) is 26.1. The van der Waals surface area contributed by atoms with E-state index in [0.29, 0.717) is 22.3 Å². The highest BCUT2D eigenvalue weighted by molar-refractivity contribution is 7.99. The van der Waals surface area contributed by atoms with Crippen LogP contribution in [0.25, 0.3) is 0 Å².